The van der Waals surface area contributed by atoms with Crippen LogP contribution in [0.15, 0.2) is 0 Å². The Morgan fingerprint density at radius 2 is 2.00 bits per heavy atom. The molecule has 1 aliphatic heterocycles. The Hall–Kier alpha value is -1.10. The van der Waals surface area contributed by atoms with Crippen LogP contribution in [0.3, 0.4) is 0 Å². The molecule has 1 N–H and O–H groups in total. The predicted molar refractivity (Wildman–Crippen MR) is 69.8 cm³/mol. The quantitative estimate of drug-likeness (QED) is 0.824. The van der Waals surface area contributed by atoms with Crippen LogP contribution in [-0.4, -0.2) is 48.2 Å². The van der Waals surface area contributed by atoms with Gasteiger partial charge in [-0.3, -0.25) is 9.59 Å². The number of carboxylic acid groups (broad SMARTS) is 1. The third-order valence-electron chi connectivity index (χ3n) is 4.43. The van der Waals surface area contributed by atoms with E-state index in [2.05, 4.69) is 0 Å². The average molecular weight is 269 g/mol. The van der Waals surface area contributed by atoms with E-state index in [0.29, 0.717) is 19.4 Å². The number of aliphatic carboxylic acids is 1. The molecule has 19 heavy (non-hydrogen) atoms. The van der Waals surface area contributed by atoms with Gasteiger partial charge in [0.05, 0.1) is 11.5 Å². The molecule has 1 unspecified atom stereocenters. The summed E-state index contributed by atoms with van der Waals surface area (Å²) in [7, 11) is 1.74. The maximum atomic E-state index is 12.2. The van der Waals surface area contributed by atoms with Crippen molar-refractivity contribution in [2.75, 3.05) is 20.2 Å². The molecular formula is C14H23NO4. The minimum Gasteiger partial charge on any atom is -0.481 e. The topological polar surface area (TPSA) is 66.8 Å². The smallest absolute Gasteiger partial charge is 0.310 e. The maximum Gasteiger partial charge on any atom is 0.310 e. The van der Waals surface area contributed by atoms with Gasteiger partial charge in [0.25, 0.3) is 0 Å². The lowest BCUT2D eigenvalue weighted by Gasteiger charge is -2.27. The molecule has 108 valence electrons. The fourth-order valence-corrected chi connectivity index (χ4v) is 3.14. The van der Waals surface area contributed by atoms with Crippen molar-refractivity contribution in [3.8, 4) is 0 Å². The van der Waals surface area contributed by atoms with E-state index in [0.717, 1.165) is 32.3 Å². The normalized spacial score (nSPS) is 25.4. The van der Waals surface area contributed by atoms with E-state index >= 15 is 0 Å². The third-order valence-corrected chi connectivity index (χ3v) is 4.43. The van der Waals surface area contributed by atoms with Gasteiger partial charge in [-0.2, -0.15) is 0 Å². The number of likely N-dealkylation sites (N-methyl/N-ethyl adjacent to an activating group) is 1. The summed E-state index contributed by atoms with van der Waals surface area (Å²) < 4.78 is 5.51. The second-order valence-corrected chi connectivity index (χ2v) is 5.88. The highest BCUT2D eigenvalue weighted by atomic mass is 16.5. The van der Waals surface area contributed by atoms with E-state index in [-0.39, 0.29) is 18.4 Å². The van der Waals surface area contributed by atoms with E-state index in [9.17, 15) is 14.7 Å². The molecule has 1 aliphatic carbocycles. The monoisotopic (exact) mass is 269 g/mol. The van der Waals surface area contributed by atoms with Crippen molar-refractivity contribution in [3.05, 3.63) is 0 Å². The molecular weight excluding hydrogens is 246 g/mol. The van der Waals surface area contributed by atoms with Gasteiger partial charge in [-0.05, 0) is 25.7 Å². The Morgan fingerprint density at radius 3 is 2.53 bits per heavy atom. The van der Waals surface area contributed by atoms with E-state index in [1.165, 1.54) is 0 Å². The number of carboxylic acids is 1. The SMILES string of the molecule is CN(CC1CCCO1)C(=O)CC1(C(=O)O)CCCC1. The summed E-state index contributed by atoms with van der Waals surface area (Å²) >= 11 is 0. The lowest BCUT2D eigenvalue weighted by atomic mass is 9.82. The van der Waals surface area contributed by atoms with Crippen molar-refractivity contribution < 1.29 is 19.4 Å². The number of nitrogens with zero attached hydrogens (tertiary/aromatic N) is 1. The van der Waals surface area contributed by atoms with Crippen LogP contribution in [0.4, 0.5) is 0 Å². The first-order valence-electron chi connectivity index (χ1n) is 7.12. The molecule has 0 aromatic rings. The molecule has 2 fully saturated rings. The molecule has 2 aliphatic rings. The molecule has 0 radical (unpaired) electrons. The Morgan fingerprint density at radius 1 is 1.32 bits per heavy atom. The standard InChI is InChI=1S/C14H23NO4/c1-15(10-11-5-4-8-19-11)12(16)9-14(13(17)18)6-2-3-7-14/h11H,2-10H2,1H3,(H,17,18). The van der Waals surface area contributed by atoms with Crippen molar-refractivity contribution in [1.82, 2.24) is 4.90 Å². The van der Waals surface area contributed by atoms with Gasteiger partial charge in [-0.1, -0.05) is 12.8 Å². The summed E-state index contributed by atoms with van der Waals surface area (Å²) in [6, 6.07) is 0. The van der Waals surface area contributed by atoms with Crippen LogP contribution >= 0.6 is 0 Å². The molecule has 1 amide bonds. The summed E-state index contributed by atoms with van der Waals surface area (Å²) in [5.74, 6) is -0.885. The summed E-state index contributed by atoms with van der Waals surface area (Å²) in [6.07, 6.45) is 5.37. The van der Waals surface area contributed by atoms with Crippen LogP contribution in [0.25, 0.3) is 0 Å². The Kier molecular flexibility index (Phi) is 4.45. The van der Waals surface area contributed by atoms with Crippen LogP contribution in [0.5, 0.6) is 0 Å². The molecule has 2 rings (SSSR count). The second-order valence-electron chi connectivity index (χ2n) is 5.88. The molecule has 5 heteroatoms. The zero-order valence-corrected chi connectivity index (χ0v) is 11.6. The van der Waals surface area contributed by atoms with Crippen LogP contribution in [0, 0.1) is 5.41 Å². The first-order valence-corrected chi connectivity index (χ1v) is 7.12. The number of amides is 1. The van der Waals surface area contributed by atoms with Crippen molar-refractivity contribution in [2.24, 2.45) is 5.41 Å². The highest BCUT2D eigenvalue weighted by Gasteiger charge is 2.43. The number of carbonyl (C=O) groups is 2. The zero-order valence-electron chi connectivity index (χ0n) is 11.6. The van der Waals surface area contributed by atoms with Crippen LogP contribution in [-0.2, 0) is 14.3 Å². The van der Waals surface area contributed by atoms with Gasteiger partial charge in [-0.25, -0.2) is 0 Å². The second kappa shape index (κ2) is 5.90. The van der Waals surface area contributed by atoms with Gasteiger partial charge in [0, 0.05) is 26.6 Å². The summed E-state index contributed by atoms with van der Waals surface area (Å²) in [6.45, 7) is 1.35. The van der Waals surface area contributed by atoms with E-state index in [1.54, 1.807) is 11.9 Å². The molecule has 1 heterocycles. The Labute approximate surface area is 113 Å². The number of ether oxygens (including phenoxy) is 1. The lowest BCUT2D eigenvalue weighted by Crippen LogP contribution is -2.39. The Balaban J connectivity index is 1.89. The van der Waals surface area contributed by atoms with E-state index < -0.39 is 11.4 Å². The van der Waals surface area contributed by atoms with Crippen LogP contribution in [0.2, 0.25) is 0 Å². The van der Waals surface area contributed by atoms with Crippen LogP contribution in [0.1, 0.15) is 44.9 Å². The molecule has 1 atom stereocenters. The van der Waals surface area contributed by atoms with Gasteiger partial charge in [-0.15, -0.1) is 0 Å². The number of carbonyl (C=O) groups excluding carboxylic acids is 1. The van der Waals surface area contributed by atoms with Gasteiger partial charge in [0.2, 0.25) is 5.91 Å². The van der Waals surface area contributed by atoms with E-state index in [4.69, 9.17) is 4.74 Å². The predicted octanol–water partition coefficient (Wildman–Crippen LogP) is 1.66. The molecule has 0 spiro atoms. The van der Waals surface area contributed by atoms with Crippen molar-refractivity contribution >= 4 is 11.9 Å². The summed E-state index contributed by atoms with van der Waals surface area (Å²) in [5.41, 5.74) is -0.818. The fraction of sp³-hybridized carbons (Fsp3) is 0.857. The highest BCUT2D eigenvalue weighted by molar-refractivity contribution is 5.85. The minimum atomic E-state index is -0.818. The van der Waals surface area contributed by atoms with Crippen molar-refractivity contribution in [3.63, 3.8) is 0 Å². The van der Waals surface area contributed by atoms with Crippen LogP contribution < -0.4 is 0 Å². The molecule has 1 saturated carbocycles. The highest BCUT2D eigenvalue weighted by Crippen LogP contribution is 2.41. The van der Waals surface area contributed by atoms with Crippen molar-refractivity contribution in [2.45, 2.75) is 51.0 Å². The van der Waals surface area contributed by atoms with Gasteiger partial charge < -0.3 is 14.7 Å². The minimum absolute atomic E-state index is 0.0696. The van der Waals surface area contributed by atoms with Gasteiger partial charge in [0.1, 0.15) is 0 Å². The Bertz CT molecular complexity index is 343. The maximum absolute atomic E-state index is 12.2. The first-order chi connectivity index (χ1) is 9.03. The molecule has 5 nitrogen and oxygen atoms in total. The largest absolute Gasteiger partial charge is 0.481 e. The molecule has 1 saturated heterocycles. The summed E-state index contributed by atoms with van der Waals surface area (Å²) in [5, 5.41) is 9.38. The van der Waals surface area contributed by atoms with Gasteiger partial charge in [0.15, 0.2) is 0 Å². The first kappa shape index (κ1) is 14.3. The molecule has 0 bridgehead atoms. The lowest BCUT2D eigenvalue weighted by molar-refractivity contribution is -0.153. The average Bonchev–Trinajstić information content (AvgIpc) is 3.00. The fourth-order valence-electron chi connectivity index (χ4n) is 3.14. The van der Waals surface area contributed by atoms with Gasteiger partial charge >= 0.3 is 5.97 Å². The number of hydrogen-bond acceptors (Lipinski definition) is 3. The molecule has 0 aromatic carbocycles. The summed E-state index contributed by atoms with van der Waals surface area (Å²) in [4.78, 5) is 25.3. The third kappa shape index (κ3) is 3.26. The molecule has 0 aromatic heterocycles. The number of hydrogen-bond donors (Lipinski definition) is 1. The zero-order chi connectivity index (χ0) is 13.9. The number of rotatable bonds is 5. The van der Waals surface area contributed by atoms with Crippen molar-refractivity contribution in [1.29, 1.82) is 0 Å². The van der Waals surface area contributed by atoms with E-state index in [1.807, 2.05) is 0 Å².